The van der Waals surface area contributed by atoms with Gasteiger partial charge in [-0.25, -0.2) is 0 Å². The lowest BCUT2D eigenvalue weighted by atomic mass is 9.79. The average Bonchev–Trinajstić information content (AvgIpc) is 3.22. The van der Waals surface area contributed by atoms with E-state index in [0.717, 1.165) is 47.9 Å². The van der Waals surface area contributed by atoms with Crippen molar-refractivity contribution in [2.24, 2.45) is 11.8 Å². The summed E-state index contributed by atoms with van der Waals surface area (Å²) in [6.45, 7) is 3.99. The molecule has 0 aliphatic carbocycles. The first-order valence-electron chi connectivity index (χ1n) is 11.4. The third-order valence-electron chi connectivity index (χ3n) is 6.92. The first-order chi connectivity index (χ1) is 15.4. The van der Waals surface area contributed by atoms with E-state index in [9.17, 15) is 9.59 Å². The molecule has 1 atom stereocenters. The molecule has 33 heavy (non-hydrogen) atoms. The van der Waals surface area contributed by atoms with Crippen LogP contribution in [-0.4, -0.2) is 72.9 Å². The quantitative estimate of drug-likeness (QED) is 0.570. The zero-order valence-corrected chi connectivity index (χ0v) is 22.4. The van der Waals surface area contributed by atoms with Gasteiger partial charge >= 0.3 is 0 Å². The lowest BCUT2D eigenvalue weighted by Crippen LogP contribution is -2.52. The van der Waals surface area contributed by atoms with Crippen molar-refractivity contribution in [3.05, 3.63) is 34.2 Å². The van der Waals surface area contributed by atoms with E-state index in [1.165, 1.54) is 37.3 Å². The minimum atomic E-state index is -0.494. The minimum Gasteiger partial charge on any atom is -0.341 e. The van der Waals surface area contributed by atoms with Crippen molar-refractivity contribution in [3.63, 3.8) is 0 Å². The molecule has 2 aliphatic heterocycles. The number of nitrogens with zero attached hydrogens (tertiary/aromatic N) is 2. The average molecular weight is 531 g/mol. The molecule has 0 bridgehead atoms. The molecular formula is C24H33Cl2N3O2S2. The lowest BCUT2D eigenvalue weighted by molar-refractivity contribution is -0.134. The highest BCUT2D eigenvalue weighted by Crippen LogP contribution is 2.32. The molecule has 3 heterocycles. The number of thiophene rings is 1. The number of benzene rings is 1. The maximum Gasteiger partial charge on any atom is 0.262 e. The Morgan fingerprint density at radius 2 is 1.76 bits per heavy atom. The SMILES string of the molecule is CSC[C@@H](NC(=O)c1cc2ccc(Cl)cc2s1)C(=O)N1CCC(C2CCN(C)CC2)CC1.Cl. The Hall–Kier alpha value is -0.990. The van der Waals surface area contributed by atoms with Gasteiger partial charge in [-0.05, 0) is 87.5 Å². The third kappa shape index (κ3) is 6.57. The standard InChI is InChI=1S/C24H32ClN3O2S2.ClH/c1-27-9-5-16(6-10-27)17-7-11-28(12-8-17)24(30)20(15-31-2)26-23(29)22-13-18-3-4-19(25)14-21(18)32-22;/h3-4,13-14,16-17,20H,5-12,15H2,1-2H3,(H,26,29);1H/t20-;/m1./s1. The summed E-state index contributed by atoms with van der Waals surface area (Å²) in [5, 5.41) is 4.66. The number of likely N-dealkylation sites (tertiary alicyclic amines) is 2. The summed E-state index contributed by atoms with van der Waals surface area (Å²) in [7, 11) is 2.20. The number of rotatable bonds is 6. The van der Waals surface area contributed by atoms with Crippen LogP contribution < -0.4 is 5.32 Å². The van der Waals surface area contributed by atoms with Gasteiger partial charge in [0.2, 0.25) is 5.91 Å². The molecule has 4 rings (SSSR count). The van der Waals surface area contributed by atoms with Crippen LogP contribution in [0.3, 0.4) is 0 Å². The van der Waals surface area contributed by atoms with Gasteiger partial charge in [0.05, 0.1) is 4.88 Å². The van der Waals surface area contributed by atoms with Crippen LogP contribution in [-0.2, 0) is 4.79 Å². The smallest absolute Gasteiger partial charge is 0.262 e. The molecule has 1 N–H and O–H groups in total. The fourth-order valence-corrected chi connectivity index (χ4v) is 6.80. The van der Waals surface area contributed by atoms with Crippen molar-refractivity contribution in [2.45, 2.75) is 31.7 Å². The summed E-state index contributed by atoms with van der Waals surface area (Å²) in [6.07, 6.45) is 6.69. The second-order valence-corrected chi connectivity index (χ2v) is 11.5. The zero-order chi connectivity index (χ0) is 22.7. The van der Waals surface area contributed by atoms with E-state index in [2.05, 4.69) is 17.3 Å². The van der Waals surface area contributed by atoms with E-state index < -0.39 is 6.04 Å². The van der Waals surface area contributed by atoms with Crippen LogP contribution in [0.25, 0.3) is 10.1 Å². The van der Waals surface area contributed by atoms with Crippen molar-refractivity contribution >= 4 is 69.0 Å². The van der Waals surface area contributed by atoms with Crippen LogP contribution in [0.15, 0.2) is 24.3 Å². The number of carbonyl (C=O) groups excluding carboxylic acids is 2. The van der Waals surface area contributed by atoms with Crippen LogP contribution in [0, 0.1) is 11.8 Å². The van der Waals surface area contributed by atoms with Crippen molar-refractivity contribution in [3.8, 4) is 0 Å². The molecule has 2 aromatic rings. The summed E-state index contributed by atoms with van der Waals surface area (Å²) in [5.74, 6) is 1.98. The number of hydrogen-bond donors (Lipinski definition) is 1. The summed E-state index contributed by atoms with van der Waals surface area (Å²) < 4.78 is 0.978. The fraction of sp³-hybridized carbons (Fsp3) is 0.583. The van der Waals surface area contributed by atoms with Gasteiger partial charge in [0.25, 0.3) is 5.91 Å². The van der Waals surface area contributed by atoms with Gasteiger partial charge in [-0.1, -0.05) is 17.7 Å². The van der Waals surface area contributed by atoms with E-state index >= 15 is 0 Å². The van der Waals surface area contributed by atoms with E-state index in [0.29, 0.717) is 15.7 Å². The van der Waals surface area contributed by atoms with Crippen molar-refractivity contribution in [2.75, 3.05) is 45.2 Å². The first-order valence-corrected chi connectivity index (χ1v) is 14.0. The predicted octanol–water partition coefficient (Wildman–Crippen LogP) is 5.02. The largest absolute Gasteiger partial charge is 0.341 e. The van der Waals surface area contributed by atoms with Crippen LogP contribution in [0.1, 0.15) is 35.4 Å². The van der Waals surface area contributed by atoms with Gasteiger partial charge in [0, 0.05) is 28.6 Å². The molecule has 2 amide bonds. The molecule has 0 saturated carbocycles. The van der Waals surface area contributed by atoms with Gasteiger partial charge in [-0.3, -0.25) is 9.59 Å². The van der Waals surface area contributed by atoms with Gasteiger partial charge in [0.15, 0.2) is 0 Å². The zero-order valence-electron chi connectivity index (χ0n) is 19.2. The first kappa shape index (κ1) is 26.6. The van der Waals surface area contributed by atoms with E-state index in [4.69, 9.17) is 11.6 Å². The molecule has 2 saturated heterocycles. The molecule has 0 unspecified atom stereocenters. The number of thioether (sulfide) groups is 1. The van der Waals surface area contributed by atoms with Gasteiger partial charge < -0.3 is 15.1 Å². The van der Waals surface area contributed by atoms with Crippen LogP contribution in [0.4, 0.5) is 0 Å². The molecule has 2 fully saturated rings. The Bertz CT molecular complexity index is 954. The van der Waals surface area contributed by atoms with E-state index in [-0.39, 0.29) is 24.2 Å². The monoisotopic (exact) mass is 529 g/mol. The third-order valence-corrected chi connectivity index (χ3v) is 8.92. The Balaban J connectivity index is 0.00000306. The number of carbonyl (C=O) groups is 2. The molecule has 0 spiro atoms. The number of amides is 2. The van der Waals surface area contributed by atoms with Gasteiger partial charge in [-0.2, -0.15) is 11.8 Å². The highest BCUT2D eigenvalue weighted by atomic mass is 35.5. The number of hydrogen-bond acceptors (Lipinski definition) is 5. The maximum absolute atomic E-state index is 13.3. The fourth-order valence-electron chi connectivity index (χ4n) is 5.00. The second-order valence-electron chi connectivity index (χ2n) is 9.08. The molecule has 0 radical (unpaired) electrons. The summed E-state index contributed by atoms with van der Waals surface area (Å²) in [6, 6.07) is 7.00. The van der Waals surface area contributed by atoms with Crippen LogP contribution in [0.5, 0.6) is 0 Å². The Morgan fingerprint density at radius 1 is 1.12 bits per heavy atom. The highest BCUT2D eigenvalue weighted by Gasteiger charge is 2.33. The molecular weight excluding hydrogens is 497 g/mol. The van der Waals surface area contributed by atoms with Crippen molar-refractivity contribution in [1.29, 1.82) is 0 Å². The molecule has 5 nitrogen and oxygen atoms in total. The highest BCUT2D eigenvalue weighted by molar-refractivity contribution is 7.98. The Labute approximate surface area is 216 Å². The summed E-state index contributed by atoms with van der Waals surface area (Å²) in [4.78, 5) is 31.2. The van der Waals surface area contributed by atoms with Crippen molar-refractivity contribution in [1.82, 2.24) is 15.1 Å². The molecule has 1 aromatic carbocycles. The summed E-state index contributed by atoms with van der Waals surface area (Å²) in [5.41, 5.74) is 0. The van der Waals surface area contributed by atoms with Crippen LogP contribution in [0.2, 0.25) is 5.02 Å². The van der Waals surface area contributed by atoms with E-state index in [1.54, 1.807) is 11.8 Å². The topological polar surface area (TPSA) is 52.7 Å². The Kier molecular flexibility index (Phi) is 9.77. The normalized spacial score (nSPS) is 19.3. The number of fused-ring (bicyclic) bond motifs is 1. The van der Waals surface area contributed by atoms with Crippen LogP contribution >= 0.6 is 47.1 Å². The van der Waals surface area contributed by atoms with Crippen molar-refractivity contribution < 1.29 is 9.59 Å². The molecule has 2 aliphatic rings. The number of halogens is 2. The Morgan fingerprint density at radius 3 is 2.39 bits per heavy atom. The predicted molar refractivity (Wildman–Crippen MR) is 143 cm³/mol. The second kappa shape index (κ2) is 12.1. The number of nitrogens with one attached hydrogen (secondary N) is 1. The molecule has 182 valence electrons. The van der Waals surface area contributed by atoms with Gasteiger partial charge in [0.1, 0.15) is 6.04 Å². The van der Waals surface area contributed by atoms with E-state index in [1.807, 2.05) is 35.4 Å². The maximum atomic E-state index is 13.3. The number of piperidine rings is 2. The summed E-state index contributed by atoms with van der Waals surface area (Å²) >= 11 is 9.08. The lowest BCUT2D eigenvalue weighted by Gasteiger charge is -2.40. The minimum absolute atomic E-state index is 0. The van der Waals surface area contributed by atoms with Gasteiger partial charge in [-0.15, -0.1) is 23.7 Å². The molecule has 9 heteroatoms. The molecule has 1 aromatic heterocycles.